The van der Waals surface area contributed by atoms with Gasteiger partial charge in [-0.25, -0.2) is 4.98 Å². The van der Waals surface area contributed by atoms with Crippen LogP contribution in [0, 0.1) is 0 Å². The van der Waals surface area contributed by atoms with Crippen molar-refractivity contribution in [2.24, 2.45) is 0 Å². The third kappa shape index (κ3) is 2.21. The average Bonchev–Trinajstić information content (AvgIpc) is 2.72. The molecule has 14 heavy (non-hydrogen) atoms. The monoisotopic (exact) mass is 192 g/mol. The molecule has 2 heterocycles. The van der Waals surface area contributed by atoms with E-state index in [4.69, 9.17) is 0 Å². The lowest BCUT2D eigenvalue weighted by atomic mass is 10.2. The Morgan fingerprint density at radius 1 is 1.57 bits per heavy atom. The predicted octanol–water partition coefficient (Wildman–Crippen LogP) is 0.486. The number of nitrogens with zero attached hydrogens (tertiary/aromatic N) is 2. The second kappa shape index (κ2) is 4.39. The van der Waals surface area contributed by atoms with Crippen molar-refractivity contribution in [3.63, 3.8) is 0 Å². The summed E-state index contributed by atoms with van der Waals surface area (Å²) in [4.78, 5) is 6.65. The molecule has 1 saturated heterocycles. The molecular formula is C10H16N4. The zero-order valence-electron chi connectivity index (χ0n) is 8.45. The number of rotatable bonds is 3. The standard InChI is InChI=1S/C10H16N4/c1-11-10-3-2-9(6-13-10)7-14-5-4-12-8-14/h2-3,6,12H,4-5,7-8H2,1H3,(H,11,13). The maximum atomic E-state index is 4.28. The Bertz CT molecular complexity index is 277. The molecule has 0 unspecified atom stereocenters. The summed E-state index contributed by atoms with van der Waals surface area (Å²) in [5.74, 6) is 0.924. The predicted molar refractivity (Wildman–Crippen MR) is 57.1 cm³/mol. The van der Waals surface area contributed by atoms with E-state index in [1.807, 2.05) is 19.3 Å². The SMILES string of the molecule is CNc1ccc(CN2CCNC2)cn1. The number of hydrogen-bond donors (Lipinski definition) is 2. The molecule has 0 spiro atoms. The van der Waals surface area contributed by atoms with Crippen LogP contribution in [0.2, 0.25) is 0 Å². The van der Waals surface area contributed by atoms with Gasteiger partial charge in [-0.05, 0) is 11.6 Å². The highest BCUT2D eigenvalue weighted by Crippen LogP contribution is 2.07. The normalized spacial score (nSPS) is 17.2. The van der Waals surface area contributed by atoms with Gasteiger partial charge in [-0.2, -0.15) is 0 Å². The molecule has 1 aliphatic rings. The molecule has 0 aliphatic carbocycles. The second-order valence-electron chi connectivity index (χ2n) is 3.51. The summed E-state index contributed by atoms with van der Waals surface area (Å²) >= 11 is 0. The van der Waals surface area contributed by atoms with Crippen LogP contribution in [0.15, 0.2) is 18.3 Å². The van der Waals surface area contributed by atoms with Gasteiger partial charge in [0.15, 0.2) is 0 Å². The van der Waals surface area contributed by atoms with Crippen LogP contribution in [0.3, 0.4) is 0 Å². The van der Waals surface area contributed by atoms with Crippen LogP contribution in [-0.4, -0.2) is 36.7 Å². The minimum atomic E-state index is 0.924. The number of anilines is 1. The van der Waals surface area contributed by atoms with Crippen molar-refractivity contribution in [3.8, 4) is 0 Å². The molecule has 1 aromatic rings. The van der Waals surface area contributed by atoms with Crippen LogP contribution in [0.25, 0.3) is 0 Å². The van der Waals surface area contributed by atoms with Crippen molar-refractivity contribution in [3.05, 3.63) is 23.9 Å². The first-order valence-electron chi connectivity index (χ1n) is 4.94. The molecule has 4 nitrogen and oxygen atoms in total. The quantitative estimate of drug-likeness (QED) is 0.731. The lowest BCUT2D eigenvalue weighted by Crippen LogP contribution is -2.21. The highest BCUT2D eigenvalue weighted by molar-refractivity contribution is 5.34. The topological polar surface area (TPSA) is 40.2 Å². The van der Waals surface area contributed by atoms with E-state index in [-0.39, 0.29) is 0 Å². The summed E-state index contributed by atoms with van der Waals surface area (Å²) in [5.41, 5.74) is 1.27. The van der Waals surface area contributed by atoms with E-state index in [1.54, 1.807) is 0 Å². The summed E-state index contributed by atoms with van der Waals surface area (Å²) in [7, 11) is 1.88. The molecule has 0 radical (unpaired) electrons. The summed E-state index contributed by atoms with van der Waals surface area (Å²) in [6, 6.07) is 4.13. The van der Waals surface area contributed by atoms with Crippen molar-refractivity contribution < 1.29 is 0 Å². The fourth-order valence-corrected chi connectivity index (χ4v) is 1.61. The first-order valence-corrected chi connectivity index (χ1v) is 4.94. The van der Waals surface area contributed by atoms with Gasteiger partial charge in [0.25, 0.3) is 0 Å². The summed E-state index contributed by atoms with van der Waals surface area (Å²) < 4.78 is 0. The minimum absolute atomic E-state index is 0.924. The molecule has 2 rings (SSSR count). The van der Waals surface area contributed by atoms with Crippen LogP contribution in [0.4, 0.5) is 5.82 Å². The number of pyridine rings is 1. The van der Waals surface area contributed by atoms with Crippen LogP contribution < -0.4 is 10.6 Å². The third-order valence-corrected chi connectivity index (χ3v) is 2.43. The van der Waals surface area contributed by atoms with E-state index >= 15 is 0 Å². The van der Waals surface area contributed by atoms with Crippen molar-refractivity contribution in [2.45, 2.75) is 6.54 Å². The lowest BCUT2D eigenvalue weighted by Gasteiger charge is -2.13. The van der Waals surface area contributed by atoms with Crippen LogP contribution >= 0.6 is 0 Å². The van der Waals surface area contributed by atoms with Gasteiger partial charge < -0.3 is 10.6 Å². The lowest BCUT2D eigenvalue weighted by molar-refractivity contribution is 0.327. The molecule has 4 heteroatoms. The zero-order chi connectivity index (χ0) is 9.80. The van der Waals surface area contributed by atoms with Gasteiger partial charge in [-0.1, -0.05) is 6.07 Å². The van der Waals surface area contributed by atoms with Gasteiger partial charge in [-0.15, -0.1) is 0 Å². The highest BCUT2D eigenvalue weighted by Gasteiger charge is 2.10. The number of nitrogens with one attached hydrogen (secondary N) is 2. The molecule has 1 aromatic heterocycles. The molecule has 0 saturated carbocycles. The van der Waals surface area contributed by atoms with Gasteiger partial charge in [0.2, 0.25) is 0 Å². The molecule has 2 N–H and O–H groups in total. The zero-order valence-corrected chi connectivity index (χ0v) is 8.45. The Hall–Kier alpha value is -1.13. The Balaban J connectivity index is 1.95. The molecule has 1 fully saturated rings. The maximum Gasteiger partial charge on any atom is 0.125 e. The molecule has 0 bridgehead atoms. The molecule has 76 valence electrons. The van der Waals surface area contributed by atoms with E-state index in [9.17, 15) is 0 Å². The van der Waals surface area contributed by atoms with E-state index in [2.05, 4.69) is 26.6 Å². The largest absolute Gasteiger partial charge is 0.373 e. The first kappa shape index (κ1) is 9.43. The second-order valence-corrected chi connectivity index (χ2v) is 3.51. The minimum Gasteiger partial charge on any atom is -0.373 e. The summed E-state index contributed by atoms with van der Waals surface area (Å²) in [5, 5.41) is 6.32. The van der Waals surface area contributed by atoms with Gasteiger partial charge in [0.1, 0.15) is 5.82 Å². The smallest absolute Gasteiger partial charge is 0.125 e. The van der Waals surface area contributed by atoms with Crippen LogP contribution in [0.1, 0.15) is 5.56 Å². The van der Waals surface area contributed by atoms with Crippen LogP contribution in [0.5, 0.6) is 0 Å². The van der Waals surface area contributed by atoms with Gasteiger partial charge >= 0.3 is 0 Å². The maximum absolute atomic E-state index is 4.28. The Labute approximate surface area is 84.3 Å². The van der Waals surface area contributed by atoms with Gasteiger partial charge in [0.05, 0.1) is 0 Å². The Morgan fingerprint density at radius 3 is 3.07 bits per heavy atom. The van der Waals surface area contributed by atoms with Crippen LogP contribution in [-0.2, 0) is 6.54 Å². The van der Waals surface area contributed by atoms with Gasteiger partial charge in [0, 0.05) is 39.5 Å². The van der Waals surface area contributed by atoms with Crippen molar-refractivity contribution >= 4 is 5.82 Å². The number of aromatic nitrogens is 1. The van der Waals surface area contributed by atoms with Crippen molar-refractivity contribution in [1.82, 2.24) is 15.2 Å². The summed E-state index contributed by atoms with van der Waals surface area (Å²) in [6.45, 7) is 4.22. The average molecular weight is 192 g/mol. The van der Waals surface area contributed by atoms with Gasteiger partial charge in [-0.3, -0.25) is 4.90 Å². The summed E-state index contributed by atoms with van der Waals surface area (Å²) in [6.07, 6.45) is 1.93. The molecular weight excluding hydrogens is 176 g/mol. The molecule has 0 amide bonds. The van der Waals surface area contributed by atoms with E-state index in [0.717, 1.165) is 32.1 Å². The Kier molecular flexibility index (Phi) is 2.96. The number of hydrogen-bond acceptors (Lipinski definition) is 4. The van der Waals surface area contributed by atoms with E-state index < -0.39 is 0 Å². The van der Waals surface area contributed by atoms with E-state index in [1.165, 1.54) is 5.56 Å². The first-order chi connectivity index (χ1) is 6.88. The van der Waals surface area contributed by atoms with E-state index in [0.29, 0.717) is 0 Å². The molecule has 0 aromatic carbocycles. The highest BCUT2D eigenvalue weighted by atomic mass is 15.3. The molecule has 1 aliphatic heterocycles. The Morgan fingerprint density at radius 2 is 2.50 bits per heavy atom. The molecule has 0 atom stereocenters. The fraction of sp³-hybridized carbons (Fsp3) is 0.500. The third-order valence-electron chi connectivity index (χ3n) is 2.43. The van der Waals surface area contributed by atoms with Crippen molar-refractivity contribution in [2.75, 3.05) is 32.1 Å². The fourth-order valence-electron chi connectivity index (χ4n) is 1.61. The van der Waals surface area contributed by atoms with Crippen molar-refractivity contribution in [1.29, 1.82) is 0 Å².